The Bertz CT molecular complexity index is 379. The van der Waals surface area contributed by atoms with E-state index in [2.05, 4.69) is 26.2 Å². The SMILES string of the molecule is Cc1c(Br)cnc2c1NC(=O)CO2. The maximum absolute atomic E-state index is 11.0. The largest absolute Gasteiger partial charge is 0.466 e. The second kappa shape index (κ2) is 2.99. The van der Waals surface area contributed by atoms with E-state index in [0.29, 0.717) is 11.6 Å². The van der Waals surface area contributed by atoms with Crippen LogP contribution in [-0.2, 0) is 4.79 Å². The minimum Gasteiger partial charge on any atom is -0.466 e. The molecule has 1 N–H and O–H groups in total. The van der Waals surface area contributed by atoms with Crippen molar-refractivity contribution in [3.05, 3.63) is 16.2 Å². The summed E-state index contributed by atoms with van der Waals surface area (Å²) in [6.45, 7) is 1.93. The average molecular weight is 243 g/mol. The minimum atomic E-state index is -0.143. The molecule has 13 heavy (non-hydrogen) atoms. The fourth-order valence-corrected chi connectivity index (χ4v) is 1.42. The highest BCUT2D eigenvalue weighted by atomic mass is 79.9. The second-order valence-electron chi connectivity index (χ2n) is 2.75. The Morgan fingerprint density at radius 3 is 3.23 bits per heavy atom. The number of rotatable bonds is 0. The number of carbonyl (C=O) groups is 1. The third-order valence-corrected chi connectivity index (χ3v) is 2.65. The Morgan fingerprint density at radius 2 is 2.46 bits per heavy atom. The number of nitrogens with one attached hydrogen (secondary N) is 1. The van der Waals surface area contributed by atoms with Crippen LogP contribution >= 0.6 is 15.9 Å². The highest BCUT2D eigenvalue weighted by Crippen LogP contribution is 2.32. The summed E-state index contributed by atoms with van der Waals surface area (Å²) in [4.78, 5) is 15.0. The molecular formula is C8H7BrN2O2. The third kappa shape index (κ3) is 1.39. The molecule has 0 saturated carbocycles. The van der Waals surface area contributed by atoms with Gasteiger partial charge in [0, 0.05) is 10.7 Å². The van der Waals surface area contributed by atoms with Gasteiger partial charge in [0.25, 0.3) is 5.91 Å². The van der Waals surface area contributed by atoms with Crippen molar-refractivity contribution in [1.29, 1.82) is 0 Å². The number of ether oxygens (including phenoxy) is 1. The van der Waals surface area contributed by atoms with Crippen LogP contribution in [0.5, 0.6) is 5.88 Å². The second-order valence-corrected chi connectivity index (χ2v) is 3.60. The molecule has 2 heterocycles. The molecule has 2 rings (SSSR count). The summed E-state index contributed by atoms with van der Waals surface area (Å²) >= 11 is 3.32. The Kier molecular flexibility index (Phi) is 1.95. The molecular weight excluding hydrogens is 236 g/mol. The molecule has 0 atom stereocenters. The molecule has 1 amide bonds. The van der Waals surface area contributed by atoms with Crippen LogP contribution in [0.3, 0.4) is 0 Å². The zero-order valence-corrected chi connectivity index (χ0v) is 8.51. The van der Waals surface area contributed by atoms with E-state index in [1.807, 2.05) is 6.92 Å². The Labute approximate surface area is 83.4 Å². The molecule has 0 aromatic carbocycles. The van der Waals surface area contributed by atoms with Crippen LogP contribution in [0, 0.1) is 6.92 Å². The van der Waals surface area contributed by atoms with Gasteiger partial charge in [-0.25, -0.2) is 4.98 Å². The van der Waals surface area contributed by atoms with Gasteiger partial charge in [0.05, 0.1) is 0 Å². The van der Waals surface area contributed by atoms with Crippen LogP contribution in [0.15, 0.2) is 10.7 Å². The first-order valence-electron chi connectivity index (χ1n) is 3.76. The van der Waals surface area contributed by atoms with Gasteiger partial charge < -0.3 is 10.1 Å². The summed E-state index contributed by atoms with van der Waals surface area (Å²) in [5.74, 6) is 0.343. The van der Waals surface area contributed by atoms with Gasteiger partial charge >= 0.3 is 0 Å². The zero-order chi connectivity index (χ0) is 9.42. The van der Waals surface area contributed by atoms with Gasteiger partial charge in [0.15, 0.2) is 6.61 Å². The van der Waals surface area contributed by atoms with Crippen molar-refractivity contribution in [2.45, 2.75) is 6.92 Å². The number of halogens is 1. The van der Waals surface area contributed by atoms with E-state index in [0.717, 1.165) is 10.0 Å². The number of amides is 1. The van der Waals surface area contributed by atoms with Crippen molar-refractivity contribution in [3.63, 3.8) is 0 Å². The van der Waals surface area contributed by atoms with Gasteiger partial charge in [0.1, 0.15) is 5.69 Å². The fourth-order valence-electron chi connectivity index (χ4n) is 1.12. The maximum Gasteiger partial charge on any atom is 0.262 e. The van der Waals surface area contributed by atoms with Crippen LogP contribution in [0.4, 0.5) is 5.69 Å². The first kappa shape index (κ1) is 8.50. The standard InChI is InChI=1S/C8H7BrN2O2/c1-4-5(9)2-10-8-7(4)11-6(12)3-13-8/h2H,3H2,1H3,(H,11,12). The monoisotopic (exact) mass is 242 g/mol. The number of hydrogen-bond acceptors (Lipinski definition) is 3. The Morgan fingerprint density at radius 1 is 1.69 bits per heavy atom. The molecule has 0 saturated heterocycles. The normalized spacial score (nSPS) is 14.5. The lowest BCUT2D eigenvalue weighted by molar-refractivity contribution is -0.118. The lowest BCUT2D eigenvalue weighted by Crippen LogP contribution is -2.26. The van der Waals surface area contributed by atoms with Crippen LogP contribution in [-0.4, -0.2) is 17.5 Å². The molecule has 0 bridgehead atoms. The van der Waals surface area contributed by atoms with Gasteiger partial charge in [-0.3, -0.25) is 4.79 Å². The van der Waals surface area contributed by atoms with Crippen molar-refractivity contribution < 1.29 is 9.53 Å². The summed E-state index contributed by atoms with van der Waals surface area (Å²) in [7, 11) is 0. The smallest absolute Gasteiger partial charge is 0.262 e. The van der Waals surface area contributed by atoms with E-state index in [1.165, 1.54) is 0 Å². The van der Waals surface area contributed by atoms with Crippen molar-refractivity contribution in [3.8, 4) is 5.88 Å². The number of aromatic nitrogens is 1. The summed E-state index contributed by atoms with van der Waals surface area (Å²) in [5.41, 5.74) is 1.59. The van der Waals surface area contributed by atoms with Crippen molar-refractivity contribution in [1.82, 2.24) is 4.98 Å². The van der Waals surface area contributed by atoms with Crippen LogP contribution in [0.2, 0.25) is 0 Å². The van der Waals surface area contributed by atoms with Gasteiger partial charge in [0.2, 0.25) is 5.88 Å². The molecule has 1 aliphatic rings. The third-order valence-electron chi connectivity index (χ3n) is 1.85. The molecule has 0 radical (unpaired) electrons. The molecule has 68 valence electrons. The van der Waals surface area contributed by atoms with E-state index in [9.17, 15) is 4.79 Å². The minimum absolute atomic E-state index is 0.0427. The molecule has 0 unspecified atom stereocenters. The predicted molar refractivity (Wildman–Crippen MR) is 50.8 cm³/mol. The van der Waals surface area contributed by atoms with E-state index < -0.39 is 0 Å². The number of pyridine rings is 1. The van der Waals surface area contributed by atoms with Gasteiger partial charge in [-0.15, -0.1) is 0 Å². The number of carbonyl (C=O) groups excluding carboxylic acids is 1. The summed E-state index contributed by atoms with van der Waals surface area (Å²) in [6.07, 6.45) is 1.66. The molecule has 0 aliphatic carbocycles. The molecule has 5 heteroatoms. The summed E-state index contributed by atoms with van der Waals surface area (Å²) in [6, 6.07) is 0. The van der Waals surface area contributed by atoms with E-state index >= 15 is 0 Å². The molecule has 4 nitrogen and oxygen atoms in total. The van der Waals surface area contributed by atoms with Crippen molar-refractivity contribution in [2.75, 3.05) is 11.9 Å². The van der Waals surface area contributed by atoms with Crippen LogP contribution in [0.1, 0.15) is 5.56 Å². The first-order valence-corrected chi connectivity index (χ1v) is 4.55. The van der Waals surface area contributed by atoms with Gasteiger partial charge in [-0.05, 0) is 28.4 Å². The van der Waals surface area contributed by atoms with E-state index in [1.54, 1.807) is 6.20 Å². The molecule has 1 aromatic heterocycles. The van der Waals surface area contributed by atoms with Gasteiger partial charge in [-0.2, -0.15) is 0 Å². The molecule has 1 aromatic rings. The summed E-state index contributed by atoms with van der Waals surface area (Å²) in [5, 5.41) is 2.71. The molecule has 1 aliphatic heterocycles. The lowest BCUT2D eigenvalue weighted by Gasteiger charge is -2.18. The zero-order valence-electron chi connectivity index (χ0n) is 6.93. The predicted octanol–water partition coefficient (Wildman–Crippen LogP) is 1.48. The maximum atomic E-state index is 11.0. The summed E-state index contributed by atoms with van der Waals surface area (Å²) < 4.78 is 5.99. The number of anilines is 1. The quantitative estimate of drug-likeness (QED) is 0.750. The molecule has 0 spiro atoms. The Hall–Kier alpha value is -1.10. The van der Waals surface area contributed by atoms with Crippen LogP contribution in [0.25, 0.3) is 0 Å². The van der Waals surface area contributed by atoms with E-state index in [-0.39, 0.29) is 12.5 Å². The molecule has 0 fully saturated rings. The van der Waals surface area contributed by atoms with E-state index in [4.69, 9.17) is 4.74 Å². The van der Waals surface area contributed by atoms with Crippen molar-refractivity contribution in [2.24, 2.45) is 0 Å². The average Bonchev–Trinajstić information content (AvgIpc) is 2.12. The topological polar surface area (TPSA) is 51.2 Å². The fraction of sp³-hybridized carbons (Fsp3) is 0.250. The lowest BCUT2D eigenvalue weighted by atomic mass is 10.2. The first-order chi connectivity index (χ1) is 6.18. The van der Waals surface area contributed by atoms with Gasteiger partial charge in [-0.1, -0.05) is 0 Å². The number of nitrogens with zero attached hydrogens (tertiary/aromatic N) is 1. The highest BCUT2D eigenvalue weighted by molar-refractivity contribution is 9.10. The van der Waals surface area contributed by atoms with Crippen molar-refractivity contribution >= 4 is 27.5 Å². The number of hydrogen-bond donors (Lipinski definition) is 1. The number of fused-ring (bicyclic) bond motifs is 1. The van der Waals surface area contributed by atoms with Crippen LogP contribution < -0.4 is 10.1 Å². The Balaban J connectivity index is 2.54. The highest BCUT2D eigenvalue weighted by Gasteiger charge is 2.19.